The summed E-state index contributed by atoms with van der Waals surface area (Å²) in [4.78, 5) is 0. The minimum Gasteiger partial charge on any atom is -0.496 e. The summed E-state index contributed by atoms with van der Waals surface area (Å²) >= 11 is 0. The van der Waals surface area contributed by atoms with E-state index in [0.29, 0.717) is 6.54 Å². The zero-order valence-electron chi connectivity index (χ0n) is 13.1. The fourth-order valence-corrected chi connectivity index (χ4v) is 2.37. The van der Waals surface area contributed by atoms with Gasteiger partial charge in [0.25, 0.3) is 0 Å². The van der Waals surface area contributed by atoms with Crippen LogP contribution in [-0.4, -0.2) is 12.8 Å². The van der Waals surface area contributed by atoms with Gasteiger partial charge in [-0.2, -0.15) is 5.10 Å². The van der Waals surface area contributed by atoms with Crippen molar-refractivity contribution in [2.45, 2.75) is 27.3 Å². The molecule has 0 bridgehead atoms. The molecule has 0 amide bonds. The minimum atomic E-state index is 0.645. The molecule has 110 valence electrons. The first-order valence-electron chi connectivity index (χ1n) is 7.08. The monoisotopic (exact) mass is 282 g/mol. The van der Waals surface area contributed by atoms with Crippen LogP contribution in [0.5, 0.6) is 5.75 Å². The number of aryl methyl sites for hydroxylation is 2. The SMILES string of the molecule is COc1ccccc1CN/N=C(/C)c1ccc(C)cc1C. The van der Waals surface area contributed by atoms with Gasteiger partial charge in [0.1, 0.15) is 5.75 Å². The van der Waals surface area contributed by atoms with Crippen LogP contribution in [-0.2, 0) is 6.54 Å². The second kappa shape index (κ2) is 6.93. The summed E-state index contributed by atoms with van der Waals surface area (Å²) in [5.41, 5.74) is 8.90. The van der Waals surface area contributed by atoms with Crippen molar-refractivity contribution in [3.63, 3.8) is 0 Å². The highest BCUT2D eigenvalue weighted by molar-refractivity contribution is 5.99. The van der Waals surface area contributed by atoms with Crippen molar-refractivity contribution in [3.8, 4) is 5.75 Å². The summed E-state index contributed by atoms with van der Waals surface area (Å²) in [6.45, 7) is 6.88. The third-order valence-electron chi connectivity index (χ3n) is 3.48. The van der Waals surface area contributed by atoms with Crippen LogP contribution in [0, 0.1) is 13.8 Å². The molecule has 0 radical (unpaired) electrons. The van der Waals surface area contributed by atoms with Gasteiger partial charge < -0.3 is 10.2 Å². The third kappa shape index (κ3) is 3.85. The summed E-state index contributed by atoms with van der Waals surface area (Å²) in [6.07, 6.45) is 0. The van der Waals surface area contributed by atoms with E-state index >= 15 is 0 Å². The summed E-state index contributed by atoms with van der Waals surface area (Å²) in [5.74, 6) is 0.879. The molecule has 0 unspecified atom stereocenters. The number of hydrogen-bond donors (Lipinski definition) is 1. The van der Waals surface area contributed by atoms with Gasteiger partial charge >= 0.3 is 0 Å². The number of hydrazone groups is 1. The van der Waals surface area contributed by atoms with E-state index in [2.05, 4.69) is 42.6 Å². The first-order chi connectivity index (χ1) is 10.1. The molecule has 0 aliphatic rings. The number of para-hydroxylation sites is 1. The molecular weight excluding hydrogens is 260 g/mol. The van der Waals surface area contributed by atoms with Crippen LogP contribution in [0.3, 0.4) is 0 Å². The molecule has 21 heavy (non-hydrogen) atoms. The van der Waals surface area contributed by atoms with Crippen molar-refractivity contribution in [2.24, 2.45) is 5.10 Å². The van der Waals surface area contributed by atoms with Gasteiger partial charge in [0.2, 0.25) is 0 Å². The van der Waals surface area contributed by atoms with Crippen molar-refractivity contribution in [1.82, 2.24) is 5.43 Å². The first-order valence-corrected chi connectivity index (χ1v) is 7.08. The molecule has 2 aromatic carbocycles. The quantitative estimate of drug-likeness (QED) is 0.668. The van der Waals surface area contributed by atoms with Crippen molar-refractivity contribution in [2.75, 3.05) is 7.11 Å². The first kappa shape index (κ1) is 15.1. The Bertz CT molecular complexity index is 647. The predicted molar refractivity (Wildman–Crippen MR) is 88.0 cm³/mol. The van der Waals surface area contributed by atoms with E-state index in [4.69, 9.17) is 4.74 Å². The highest BCUT2D eigenvalue weighted by Gasteiger charge is 2.03. The van der Waals surface area contributed by atoms with Crippen molar-refractivity contribution < 1.29 is 4.74 Å². The molecule has 3 nitrogen and oxygen atoms in total. The lowest BCUT2D eigenvalue weighted by Gasteiger charge is -2.09. The van der Waals surface area contributed by atoms with Gasteiger partial charge in [-0.3, -0.25) is 0 Å². The standard InChI is InChI=1S/C18H22N2O/c1-13-9-10-17(14(2)11-13)15(3)20-19-12-16-7-5-6-8-18(16)21-4/h5-11,19H,12H2,1-4H3/b20-15-. The van der Waals surface area contributed by atoms with Crippen molar-refractivity contribution in [3.05, 3.63) is 64.7 Å². The fraction of sp³-hybridized carbons (Fsp3) is 0.278. The maximum absolute atomic E-state index is 5.33. The normalized spacial score (nSPS) is 11.3. The zero-order valence-corrected chi connectivity index (χ0v) is 13.1. The van der Waals surface area contributed by atoms with Crippen LogP contribution >= 0.6 is 0 Å². The fourth-order valence-electron chi connectivity index (χ4n) is 2.37. The van der Waals surface area contributed by atoms with Gasteiger partial charge in [0, 0.05) is 11.1 Å². The molecule has 0 aliphatic heterocycles. The van der Waals surface area contributed by atoms with Gasteiger partial charge in [-0.25, -0.2) is 0 Å². The number of methoxy groups -OCH3 is 1. The second-order valence-corrected chi connectivity index (χ2v) is 5.16. The summed E-state index contributed by atoms with van der Waals surface area (Å²) in [7, 11) is 1.68. The Labute approximate surface area is 126 Å². The van der Waals surface area contributed by atoms with Crippen LogP contribution in [0.1, 0.15) is 29.2 Å². The molecule has 3 heteroatoms. The molecule has 1 N–H and O–H groups in total. The predicted octanol–water partition coefficient (Wildman–Crippen LogP) is 3.83. The Kier molecular flexibility index (Phi) is 4.99. The molecule has 2 aromatic rings. The Morgan fingerprint density at radius 3 is 2.62 bits per heavy atom. The Morgan fingerprint density at radius 2 is 1.90 bits per heavy atom. The number of hydrogen-bond acceptors (Lipinski definition) is 3. The number of ether oxygens (including phenoxy) is 1. The third-order valence-corrected chi connectivity index (χ3v) is 3.48. The van der Waals surface area contributed by atoms with E-state index < -0.39 is 0 Å². The molecule has 0 aromatic heterocycles. The lowest BCUT2D eigenvalue weighted by Crippen LogP contribution is -2.11. The van der Waals surface area contributed by atoms with E-state index in [1.807, 2.05) is 31.2 Å². The Balaban J connectivity index is 2.07. The van der Waals surface area contributed by atoms with Gasteiger partial charge in [-0.15, -0.1) is 0 Å². The highest BCUT2D eigenvalue weighted by Crippen LogP contribution is 2.17. The van der Waals surface area contributed by atoms with E-state index in [-0.39, 0.29) is 0 Å². The molecule has 0 heterocycles. The number of benzene rings is 2. The van der Waals surface area contributed by atoms with Crippen molar-refractivity contribution >= 4 is 5.71 Å². The summed E-state index contributed by atoms with van der Waals surface area (Å²) < 4.78 is 5.33. The molecule has 0 saturated carbocycles. The molecule has 0 atom stereocenters. The second-order valence-electron chi connectivity index (χ2n) is 5.16. The summed E-state index contributed by atoms with van der Waals surface area (Å²) in [5, 5.41) is 4.47. The van der Waals surface area contributed by atoms with Crippen LogP contribution in [0.15, 0.2) is 47.6 Å². The average molecular weight is 282 g/mol. The lowest BCUT2D eigenvalue weighted by molar-refractivity contribution is 0.408. The molecular formula is C18H22N2O. The minimum absolute atomic E-state index is 0.645. The number of nitrogens with one attached hydrogen (secondary N) is 1. The van der Waals surface area contributed by atoms with Crippen LogP contribution in [0.4, 0.5) is 0 Å². The number of rotatable bonds is 5. The van der Waals surface area contributed by atoms with Gasteiger partial charge in [0.15, 0.2) is 0 Å². The van der Waals surface area contributed by atoms with Crippen LogP contribution in [0.25, 0.3) is 0 Å². The number of nitrogens with zero attached hydrogens (tertiary/aromatic N) is 1. The zero-order chi connectivity index (χ0) is 15.2. The largest absolute Gasteiger partial charge is 0.496 e. The van der Waals surface area contributed by atoms with E-state index in [0.717, 1.165) is 17.0 Å². The maximum atomic E-state index is 5.33. The van der Waals surface area contributed by atoms with Crippen molar-refractivity contribution in [1.29, 1.82) is 0 Å². The average Bonchev–Trinajstić information content (AvgIpc) is 2.47. The lowest BCUT2D eigenvalue weighted by atomic mass is 10.0. The maximum Gasteiger partial charge on any atom is 0.123 e. The van der Waals surface area contributed by atoms with Gasteiger partial charge in [0.05, 0.1) is 19.4 Å². The molecule has 0 spiro atoms. The van der Waals surface area contributed by atoms with E-state index in [1.165, 1.54) is 16.7 Å². The Hall–Kier alpha value is -2.29. The van der Waals surface area contributed by atoms with Gasteiger partial charge in [-0.05, 0) is 32.4 Å². The molecule has 0 aliphatic carbocycles. The molecule has 0 saturated heterocycles. The highest BCUT2D eigenvalue weighted by atomic mass is 16.5. The van der Waals surface area contributed by atoms with E-state index in [1.54, 1.807) is 7.11 Å². The van der Waals surface area contributed by atoms with E-state index in [9.17, 15) is 0 Å². The van der Waals surface area contributed by atoms with Crippen LogP contribution < -0.4 is 10.2 Å². The van der Waals surface area contributed by atoms with Gasteiger partial charge in [-0.1, -0.05) is 42.0 Å². The summed E-state index contributed by atoms with van der Waals surface area (Å²) in [6, 6.07) is 14.4. The molecule has 0 fully saturated rings. The molecule has 2 rings (SSSR count). The smallest absolute Gasteiger partial charge is 0.123 e. The Morgan fingerprint density at radius 1 is 1.14 bits per heavy atom. The van der Waals surface area contributed by atoms with Crippen LogP contribution in [0.2, 0.25) is 0 Å². The topological polar surface area (TPSA) is 33.6 Å².